The zero-order valence-corrected chi connectivity index (χ0v) is 15.4. The molecule has 4 aromatic rings. The second kappa shape index (κ2) is 7.93. The molecule has 1 heterocycles. The summed E-state index contributed by atoms with van der Waals surface area (Å²) in [6.07, 6.45) is 0. The number of anilines is 1. The van der Waals surface area contributed by atoms with Crippen molar-refractivity contribution in [2.45, 2.75) is 0 Å². The highest BCUT2D eigenvalue weighted by Crippen LogP contribution is 2.30. The first-order chi connectivity index (χ1) is 14.2. The Bertz CT molecular complexity index is 1160. The SMILES string of the molecule is COc1ccccc1-c1noc(-c2ccccc2C(=O)Nc2ccc(F)cc2)n1. The van der Waals surface area contributed by atoms with Crippen LogP contribution < -0.4 is 10.1 Å². The summed E-state index contributed by atoms with van der Waals surface area (Å²) in [5, 5.41) is 6.76. The summed E-state index contributed by atoms with van der Waals surface area (Å²) >= 11 is 0. The first-order valence-electron chi connectivity index (χ1n) is 8.79. The molecule has 0 fully saturated rings. The van der Waals surface area contributed by atoms with Crippen molar-refractivity contribution in [3.63, 3.8) is 0 Å². The van der Waals surface area contributed by atoms with E-state index < -0.39 is 0 Å². The zero-order chi connectivity index (χ0) is 20.2. The Balaban J connectivity index is 1.66. The van der Waals surface area contributed by atoms with E-state index in [-0.39, 0.29) is 17.6 Å². The Kier molecular flexibility index (Phi) is 5.03. The molecule has 6 nitrogen and oxygen atoms in total. The zero-order valence-electron chi connectivity index (χ0n) is 15.4. The van der Waals surface area contributed by atoms with E-state index in [1.807, 2.05) is 18.2 Å². The van der Waals surface area contributed by atoms with E-state index in [9.17, 15) is 9.18 Å². The van der Waals surface area contributed by atoms with Crippen molar-refractivity contribution < 1.29 is 18.4 Å². The highest BCUT2D eigenvalue weighted by molar-refractivity contribution is 6.08. The number of para-hydroxylation sites is 1. The number of nitrogens with zero attached hydrogens (tertiary/aromatic N) is 2. The van der Waals surface area contributed by atoms with Crippen LogP contribution in [-0.4, -0.2) is 23.2 Å². The fourth-order valence-electron chi connectivity index (χ4n) is 2.87. The normalized spacial score (nSPS) is 10.6. The van der Waals surface area contributed by atoms with Gasteiger partial charge in [-0.05, 0) is 48.5 Å². The lowest BCUT2D eigenvalue weighted by atomic mass is 10.1. The summed E-state index contributed by atoms with van der Waals surface area (Å²) in [7, 11) is 1.56. The predicted molar refractivity (Wildman–Crippen MR) is 106 cm³/mol. The molecular formula is C22H16FN3O3. The Morgan fingerprint density at radius 1 is 0.966 bits per heavy atom. The Morgan fingerprint density at radius 3 is 2.41 bits per heavy atom. The summed E-state index contributed by atoms with van der Waals surface area (Å²) in [6.45, 7) is 0. The van der Waals surface area contributed by atoms with E-state index in [0.29, 0.717) is 34.0 Å². The lowest BCUT2D eigenvalue weighted by molar-refractivity contribution is 0.102. The summed E-state index contributed by atoms with van der Waals surface area (Å²) in [5.41, 5.74) is 2.00. The molecular weight excluding hydrogens is 373 g/mol. The third-order valence-corrected chi connectivity index (χ3v) is 4.28. The van der Waals surface area contributed by atoms with Gasteiger partial charge < -0.3 is 14.6 Å². The molecule has 4 rings (SSSR count). The molecule has 0 saturated heterocycles. The Hall–Kier alpha value is -4.00. The van der Waals surface area contributed by atoms with Gasteiger partial charge in [-0.25, -0.2) is 4.39 Å². The van der Waals surface area contributed by atoms with Gasteiger partial charge in [-0.15, -0.1) is 0 Å². The second-order valence-electron chi connectivity index (χ2n) is 6.13. The molecule has 0 spiro atoms. The van der Waals surface area contributed by atoms with Crippen LogP contribution in [0.3, 0.4) is 0 Å². The summed E-state index contributed by atoms with van der Waals surface area (Å²) < 4.78 is 23.8. The number of hydrogen-bond acceptors (Lipinski definition) is 5. The Morgan fingerprint density at radius 2 is 1.66 bits per heavy atom. The highest BCUT2D eigenvalue weighted by atomic mass is 19.1. The number of rotatable bonds is 5. The van der Waals surface area contributed by atoms with Crippen LogP contribution in [0.2, 0.25) is 0 Å². The number of methoxy groups -OCH3 is 1. The number of amides is 1. The van der Waals surface area contributed by atoms with Crippen LogP contribution in [0.1, 0.15) is 10.4 Å². The Labute approximate surface area is 166 Å². The smallest absolute Gasteiger partial charge is 0.259 e. The molecule has 0 saturated carbocycles. The number of carbonyl (C=O) groups is 1. The maximum atomic E-state index is 13.1. The lowest BCUT2D eigenvalue weighted by Crippen LogP contribution is -2.13. The average Bonchev–Trinajstić information content (AvgIpc) is 3.25. The van der Waals surface area contributed by atoms with Crippen molar-refractivity contribution in [1.82, 2.24) is 10.1 Å². The third-order valence-electron chi connectivity index (χ3n) is 4.28. The molecule has 0 aliphatic heterocycles. The number of carbonyl (C=O) groups excluding carboxylic acids is 1. The van der Waals surface area contributed by atoms with Gasteiger partial charge in [0.25, 0.3) is 11.8 Å². The maximum absolute atomic E-state index is 13.1. The van der Waals surface area contributed by atoms with Gasteiger partial charge >= 0.3 is 0 Å². The number of ether oxygens (including phenoxy) is 1. The predicted octanol–water partition coefficient (Wildman–Crippen LogP) is 4.80. The van der Waals surface area contributed by atoms with Crippen LogP contribution in [0.25, 0.3) is 22.8 Å². The van der Waals surface area contributed by atoms with E-state index in [1.165, 1.54) is 24.3 Å². The van der Waals surface area contributed by atoms with Crippen LogP contribution >= 0.6 is 0 Å². The third kappa shape index (κ3) is 3.84. The fraction of sp³-hybridized carbons (Fsp3) is 0.0455. The van der Waals surface area contributed by atoms with Gasteiger partial charge in [-0.3, -0.25) is 4.79 Å². The molecule has 0 aliphatic carbocycles. The number of hydrogen-bond donors (Lipinski definition) is 1. The molecule has 0 atom stereocenters. The minimum absolute atomic E-state index is 0.204. The van der Waals surface area contributed by atoms with Gasteiger partial charge in [0.2, 0.25) is 5.82 Å². The molecule has 1 amide bonds. The van der Waals surface area contributed by atoms with Crippen LogP contribution in [0.5, 0.6) is 5.75 Å². The number of nitrogens with one attached hydrogen (secondary N) is 1. The van der Waals surface area contributed by atoms with E-state index in [2.05, 4.69) is 15.5 Å². The van der Waals surface area contributed by atoms with Gasteiger partial charge in [0.1, 0.15) is 11.6 Å². The van der Waals surface area contributed by atoms with E-state index >= 15 is 0 Å². The molecule has 0 aliphatic rings. The number of aromatic nitrogens is 2. The van der Waals surface area contributed by atoms with Crippen molar-refractivity contribution in [1.29, 1.82) is 0 Å². The average molecular weight is 389 g/mol. The molecule has 1 aromatic heterocycles. The molecule has 0 unspecified atom stereocenters. The van der Waals surface area contributed by atoms with E-state index in [4.69, 9.17) is 9.26 Å². The standard InChI is InChI=1S/C22H16FN3O3/c1-28-19-9-5-4-8-18(19)20-25-22(29-26-20)17-7-3-2-6-16(17)21(27)24-15-12-10-14(23)11-13-15/h2-13H,1H3,(H,24,27). The van der Waals surface area contributed by atoms with E-state index in [0.717, 1.165) is 0 Å². The van der Waals surface area contributed by atoms with Gasteiger partial charge in [0.15, 0.2) is 0 Å². The maximum Gasteiger partial charge on any atom is 0.259 e. The largest absolute Gasteiger partial charge is 0.496 e. The van der Waals surface area contributed by atoms with Gasteiger partial charge in [-0.1, -0.05) is 29.4 Å². The number of benzene rings is 3. The first-order valence-corrected chi connectivity index (χ1v) is 8.79. The van der Waals surface area contributed by atoms with Crippen LogP contribution in [-0.2, 0) is 0 Å². The van der Waals surface area contributed by atoms with Crippen molar-refractivity contribution in [3.8, 4) is 28.6 Å². The molecule has 7 heteroatoms. The van der Waals surface area contributed by atoms with Crippen molar-refractivity contribution in [2.75, 3.05) is 12.4 Å². The summed E-state index contributed by atoms with van der Waals surface area (Å²) in [5.74, 6) is 0.423. The quantitative estimate of drug-likeness (QED) is 0.530. The molecule has 0 bridgehead atoms. The van der Waals surface area contributed by atoms with Gasteiger partial charge in [0, 0.05) is 5.69 Å². The summed E-state index contributed by atoms with van der Waals surface area (Å²) in [4.78, 5) is 17.2. The van der Waals surface area contributed by atoms with Gasteiger partial charge in [0.05, 0.1) is 23.8 Å². The lowest BCUT2D eigenvalue weighted by Gasteiger charge is -2.08. The summed E-state index contributed by atoms with van der Waals surface area (Å²) in [6, 6.07) is 19.7. The minimum Gasteiger partial charge on any atom is -0.496 e. The molecule has 3 aromatic carbocycles. The molecule has 29 heavy (non-hydrogen) atoms. The topological polar surface area (TPSA) is 77.2 Å². The minimum atomic E-state index is -0.377. The fourth-order valence-corrected chi connectivity index (χ4v) is 2.87. The molecule has 0 radical (unpaired) electrons. The van der Waals surface area contributed by atoms with Crippen LogP contribution in [0, 0.1) is 5.82 Å². The number of halogens is 1. The van der Waals surface area contributed by atoms with Crippen LogP contribution in [0.4, 0.5) is 10.1 Å². The van der Waals surface area contributed by atoms with Gasteiger partial charge in [-0.2, -0.15) is 4.98 Å². The van der Waals surface area contributed by atoms with Crippen molar-refractivity contribution in [3.05, 3.63) is 84.2 Å². The van der Waals surface area contributed by atoms with Crippen molar-refractivity contribution >= 4 is 11.6 Å². The molecule has 1 N–H and O–H groups in total. The highest BCUT2D eigenvalue weighted by Gasteiger charge is 2.19. The van der Waals surface area contributed by atoms with Crippen molar-refractivity contribution in [2.24, 2.45) is 0 Å². The van der Waals surface area contributed by atoms with E-state index in [1.54, 1.807) is 37.4 Å². The van der Waals surface area contributed by atoms with Crippen LogP contribution in [0.15, 0.2) is 77.3 Å². The molecule has 144 valence electrons. The monoisotopic (exact) mass is 389 g/mol. The second-order valence-corrected chi connectivity index (χ2v) is 6.13. The first kappa shape index (κ1) is 18.4.